The molecule has 0 amide bonds. The fraction of sp³-hybridized carbons (Fsp3) is 0.500. The Labute approximate surface area is 95.3 Å². The van der Waals surface area contributed by atoms with Crippen molar-refractivity contribution < 1.29 is 5.11 Å². The smallest absolute Gasteiger partial charge is 0.0820 e. The van der Waals surface area contributed by atoms with E-state index in [9.17, 15) is 5.11 Å². The molecule has 1 aliphatic rings. The molecule has 0 heterocycles. The van der Waals surface area contributed by atoms with Crippen molar-refractivity contribution in [3.8, 4) is 0 Å². The molecule has 0 radical (unpaired) electrons. The highest BCUT2D eigenvalue weighted by atomic mass is 35.5. The summed E-state index contributed by atoms with van der Waals surface area (Å²) in [5, 5.41) is 14.0. The quantitative estimate of drug-likeness (QED) is 0.811. The van der Waals surface area contributed by atoms with Gasteiger partial charge in [-0.05, 0) is 44.4 Å². The van der Waals surface area contributed by atoms with Crippen molar-refractivity contribution in [2.45, 2.75) is 38.3 Å². The van der Waals surface area contributed by atoms with E-state index in [1.54, 1.807) is 0 Å². The van der Waals surface area contributed by atoms with Crippen LogP contribution in [0.4, 0.5) is 5.69 Å². The van der Waals surface area contributed by atoms with Gasteiger partial charge in [-0.15, -0.1) is 0 Å². The minimum absolute atomic E-state index is 0.148. The van der Waals surface area contributed by atoms with Crippen LogP contribution in [0.1, 0.15) is 25.3 Å². The van der Waals surface area contributed by atoms with Gasteiger partial charge in [-0.2, -0.15) is 0 Å². The van der Waals surface area contributed by atoms with E-state index in [2.05, 4.69) is 5.32 Å². The summed E-state index contributed by atoms with van der Waals surface area (Å²) in [6, 6.07) is 5.94. The molecule has 15 heavy (non-hydrogen) atoms. The largest absolute Gasteiger partial charge is 0.388 e. The number of benzene rings is 1. The lowest BCUT2D eigenvalue weighted by molar-refractivity contribution is -0.0286. The molecule has 0 unspecified atom stereocenters. The summed E-state index contributed by atoms with van der Waals surface area (Å²) >= 11 is 6.03. The third-order valence-electron chi connectivity index (χ3n) is 3.29. The van der Waals surface area contributed by atoms with Crippen molar-refractivity contribution in [1.29, 1.82) is 0 Å². The van der Waals surface area contributed by atoms with Gasteiger partial charge in [0.2, 0.25) is 0 Å². The Balaban J connectivity index is 2.15. The molecule has 0 saturated heterocycles. The minimum atomic E-state index is -0.575. The van der Waals surface area contributed by atoms with Gasteiger partial charge in [0.15, 0.2) is 0 Å². The molecular formula is C12H16ClNO. The zero-order chi connectivity index (χ0) is 11.1. The topological polar surface area (TPSA) is 32.3 Å². The second kappa shape index (κ2) is 3.69. The van der Waals surface area contributed by atoms with Crippen LogP contribution < -0.4 is 5.32 Å². The van der Waals surface area contributed by atoms with Crippen LogP contribution in [0.5, 0.6) is 0 Å². The molecule has 1 fully saturated rings. The summed E-state index contributed by atoms with van der Waals surface area (Å²) in [7, 11) is 0. The maximum atomic E-state index is 9.90. The first-order valence-electron chi connectivity index (χ1n) is 5.25. The van der Waals surface area contributed by atoms with E-state index in [1.165, 1.54) is 0 Å². The zero-order valence-corrected chi connectivity index (χ0v) is 9.80. The van der Waals surface area contributed by atoms with E-state index in [-0.39, 0.29) is 6.04 Å². The Morgan fingerprint density at radius 1 is 1.53 bits per heavy atom. The van der Waals surface area contributed by atoms with Gasteiger partial charge in [0, 0.05) is 10.7 Å². The molecule has 0 bridgehead atoms. The van der Waals surface area contributed by atoms with Gasteiger partial charge in [0.1, 0.15) is 0 Å². The van der Waals surface area contributed by atoms with Gasteiger partial charge >= 0.3 is 0 Å². The van der Waals surface area contributed by atoms with Crippen LogP contribution in [0.2, 0.25) is 5.02 Å². The lowest BCUT2D eigenvalue weighted by Crippen LogP contribution is -2.53. The van der Waals surface area contributed by atoms with Crippen molar-refractivity contribution in [3.63, 3.8) is 0 Å². The van der Waals surface area contributed by atoms with Crippen LogP contribution in [-0.4, -0.2) is 16.7 Å². The number of hydrogen-bond donors (Lipinski definition) is 2. The molecule has 1 aromatic carbocycles. The fourth-order valence-electron chi connectivity index (χ4n) is 1.89. The first-order valence-corrected chi connectivity index (χ1v) is 5.62. The molecular weight excluding hydrogens is 210 g/mol. The van der Waals surface area contributed by atoms with Crippen molar-refractivity contribution in [3.05, 3.63) is 28.8 Å². The number of halogens is 1. The minimum Gasteiger partial charge on any atom is -0.388 e. The Hall–Kier alpha value is -0.730. The summed E-state index contributed by atoms with van der Waals surface area (Å²) in [5.74, 6) is 0. The number of anilines is 1. The van der Waals surface area contributed by atoms with Crippen LogP contribution in [0, 0.1) is 6.92 Å². The van der Waals surface area contributed by atoms with Crippen LogP contribution >= 0.6 is 11.6 Å². The second-order valence-corrected chi connectivity index (χ2v) is 4.91. The van der Waals surface area contributed by atoms with Gasteiger partial charge in [-0.1, -0.05) is 17.7 Å². The maximum absolute atomic E-state index is 9.90. The Kier molecular flexibility index (Phi) is 2.65. The molecule has 3 heteroatoms. The van der Waals surface area contributed by atoms with Gasteiger partial charge < -0.3 is 10.4 Å². The summed E-state index contributed by atoms with van der Waals surface area (Å²) < 4.78 is 0. The molecule has 0 spiro atoms. The normalized spacial score (nSPS) is 29.7. The molecule has 1 saturated carbocycles. The predicted octanol–water partition coefficient (Wildman–Crippen LogP) is 2.97. The van der Waals surface area contributed by atoms with Crippen LogP contribution in [0.15, 0.2) is 18.2 Å². The first-order chi connectivity index (χ1) is 7.00. The first kappa shape index (κ1) is 10.8. The van der Waals surface area contributed by atoms with Crippen LogP contribution in [0.3, 0.4) is 0 Å². The summed E-state index contributed by atoms with van der Waals surface area (Å²) in [6.45, 7) is 3.85. The number of nitrogens with one attached hydrogen (secondary N) is 1. The van der Waals surface area contributed by atoms with Crippen molar-refractivity contribution >= 4 is 17.3 Å². The van der Waals surface area contributed by atoms with Crippen molar-refractivity contribution in [1.82, 2.24) is 0 Å². The second-order valence-electron chi connectivity index (χ2n) is 4.51. The lowest BCUT2D eigenvalue weighted by Gasteiger charge is -2.43. The van der Waals surface area contributed by atoms with Crippen molar-refractivity contribution in [2.75, 3.05) is 5.32 Å². The molecule has 2 nitrogen and oxygen atoms in total. The molecule has 82 valence electrons. The lowest BCUT2D eigenvalue weighted by atomic mass is 9.76. The van der Waals surface area contributed by atoms with E-state index in [4.69, 9.17) is 11.6 Å². The molecule has 2 rings (SSSR count). The van der Waals surface area contributed by atoms with Crippen molar-refractivity contribution in [2.24, 2.45) is 0 Å². The average molecular weight is 226 g/mol. The molecule has 0 aromatic heterocycles. The Morgan fingerprint density at radius 3 is 2.80 bits per heavy atom. The van der Waals surface area contributed by atoms with Crippen LogP contribution in [0.25, 0.3) is 0 Å². The summed E-state index contributed by atoms with van der Waals surface area (Å²) in [6.07, 6.45) is 1.88. The maximum Gasteiger partial charge on any atom is 0.0820 e. The number of aliphatic hydroxyl groups is 1. The van der Waals surface area contributed by atoms with Gasteiger partial charge in [-0.25, -0.2) is 0 Å². The molecule has 1 aliphatic carbocycles. The predicted molar refractivity (Wildman–Crippen MR) is 63.5 cm³/mol. The van der Waals surface area contributed by atoms with Gasteiger partial charge in [-0.3, -0.25) is 0 Å². The molecule has 0 aliphatic heterocycles. The third kappa shape index (κ3) is 1.97. The monoisotopic (exact) mass is 225 g/mol. The van der Waals surface area contributed by atoms with E-state index in [1.807, 2.05) is 32.0 Å². The van der Waals surface area contributed by atoms with E-state index < -0.39 is 5.60 Å². The highest BCUT2D eigenvalue weighted by Gasteiger charge is 2.40. The third-order valence-corrected chi connectivity index (χ3v) is 3.70. The number of hydrogen-bond acceptors (Lipinski definition) is 2. The van der Waals surface area contributed by atoms with E-state index >= 15 is 0 Å². The summed E-state index contributed by atoms with van der Waals surface area (Å²) in [4.78, 5) is 0. The SMILES string of the molecule is Cc1c(Cl)cccc1N[C@H]1CC[C@]1(C)O. The highest BCUT2D eigenvalue weighted by molar-refractivity contribution is 6.31. The average Bonchev–Trinajstić information content (AvgIpc) is 2.19. The highest BCUT2D eigenvalue weighted by Crippen LogP contribution is 2.35. The van der Waals surface area contributed by atoms with E-state index in [0.717, 1.165) is 29.1 Å². The fourth-order valence-corrected chi connectivity index (χ4v) is 2.06. The standard InChI is InChI=1S/C12H16ClNO/c1-8-9(13)4-3-5-10(8)14-11-6-7-12(11,2)15/h3-5,11,14-15H,6-7H2,1-2H3/t11-,12-/m0/s1. The number of rotatable bonds is 2. The zero-order valence-electron chi connectivity index (χ0n) is 9.05. The van der Waals surface area contributed by atoms with Gasteiger partial charge in [0.05, 0.1) is 11.6 Å². The summed E-state index contributed by atoms with van der Waals surface area (Å²) in [5.41, 5.74) is 1.49. The van der Waals surface area contributed by atoms with Crippen LogP contribution in [-0.2, 0) is 0 Å². The Bertz CT molecular complexity index is 376. The molecule has 2 atom stereocenters. The van der Waals surface area contributed by atoms with Gasteiger partial charge in [0.25, 0.3) is 0 Å². The van der Waals surface area contributed by atoms with E-state index in [0.29, 0.717) is 0 Å². The molecule has 2 N–H and O–H groups in total. The molecule has 1 aromatic rings. The Morgan fingerprint density at radius 2 is 2.27 bits per heavy atom.